The van der Waals surface area contributed by atoms with Gasteiger partial charge in [-0.05, 0) is 49.8 Å². The monoisotopic (exact) mass is 452 g/mol. The number of carbonyl (C=O) groups excluding carboxylic acids is 2. The van der Waals surface area contributed by atoms with Crippen LogP contribution in [0.5, 0.6) is 5.75 Å². The Balaban J connectivity index is 1.83. The van der Waals surface area contributed by atoms with Crippen molar-refractivity contribution < 1.29 is 23.5 Å². The molecule has 1 unspecified atom stereocenters. The number of nitrogens with zero attached hydrogens (tertiary/aromatic N) is 2. The van der Waals surface area contributed by atoms with E-state index in [1.807, 2.05) is 0 Å². The van der Waals surface area contributed by atoms with Crippen molar-refractivity contribution in [1.29, 1.82) is 0 Å². The van der Waals surface area contributed by atoms with Gasteiger partial charge in [0.15, 0.2) is 4.80 Å². The van der Waals surface area contributed by atoms with Crippen LogP contribution < -0.4 is 19.6 Å². The van der Waals surface area contributed by atoms with Crippen LogP contribution in [0.4, 0.5) is 0 Å². The molecule has 3 aromatic rings. The lowest BCUT2D eigenvalue weighted by atomic mass is 10.0. The summed E-state index contributed by atoms with van der Waals surface area (Å²) in [4.78, 5) is 42.1. The molecule has 9 heteroatoms. The average Bonchev–Trinajstić information content (AvgIpc) is 3.37. The number of aromatic nitrogens is 1. The lowest BCUT2D eigenvalue weighted by Gasteiger charge is -2.22. The zero-order valence-electron chi connectivity index (χ0n) is 17.7. The van der Waals surface area contributed by atoms with E-state index in [0.29, 0.717) is 26.5 Å². The second-order valence-electron chi connectivity index (χ2n) is 6.98. The summed E-state index contributed by atoms with van der Waals surface area (Å²) in [5.41, 5.74) is 1.20. The quantitative estimate of drug-likeness (QED) is 0.435. The van der Waals surface area contributed by atoms with Crippen molar-refractivity contribution in [2.75, 3.05) is 6.61 Å². The molecule has 0 N–H and O–H groups in total. The molecule has 1 aliphatic heterocycles. The molecule has 1 aromatic carbocycles. The van der Waals surface area contributed by atoms with Gasteiger partial charge in [-0.1, -0.05) is 23.5 Å². The Morgan fingerprint density at radius 1 is 1.25 bits per heavy atom. The molecule has 0 saturated heterocycles. The minimum atomic E-state index is -0.770. The largest absolute Gasteiger partial charge is 0.467 e. The van der Waals surface area contributed by atoms with Crippen molar-refractivity contribution in [3.05, 3.63) is 84.9 Å². The van der Waals surface area contributed by atoms with Crippen LogP contribution in [0.2, 0.25) is 0 Å². The van der Waals surface area contributed by atoms with Crippen molar-refractivity contribution in [3.63, 3.8) is 0 Å². The molecule has 164 valence electrons. The summed E-state index contributed by atoms with van der Waals surface area (Å²) < 4.78 is 17.7. The maximum Gasteiger partial charge on any atom is 0.338 e. The molecular formula is C23H20N2O6S. The molecule has 1 aliphatic rings. The van der Waals surface area contributed by atoms with Crippen molar-refractivity contribution in [2.45, 2.75) is 26.8 Å². The Labute approximate surface area is 186 Å². The van der Waals surface area contributed by atoms with Gasteiger partial charge >= 0.3 is 11.9 Å². The minimum absolute atomic E-state index is 0.203. The first-order chi connectivity index (χ1) is 15.4. The van der Waals surface area contributed by atoms with Gasteiger partial charge in [-0.25, -0.2) is 9.79 Å². The molecule has 0 spiro atoms. The van der Waals surface area contributed by atoms with E-state index in [9.17, 15) is 14.4 Å². The Kier molecular flexibility index (Phi) is 5.91. The molecule has 0 amide bonds. The fourth-order valence-corrected chi connectivity index (χ4v) is 4.50. The summed E-state index contributed by atoms with van der Waals surface area (Å²) in [6.07, 6.45) is 3.22. The van der Waals surface area contributed by atoms with Crippen molar-refractivity contribution in [1.82, 2.24) is 4.57 Å². The van der Waals surface area contributed by atoms with E-state index >= 15 is 0 Å². The van der Waals surface area contributed by atoms with Gasteiger partial charge < -0.3 is 13.9 Å². The summed E-state index contributed by atoms with van der Waals surface area (Å²) >= 11 is 1.22. The molecule has 0 radical (unpaired) electrons. The van der Waals surface area contributed by atoms with E-state index in [4.69, 9.17) is 13.9 Å². The Morgan fingerprint density at radius 2 is 2.00 bits per heavy atom. The predicted molar refractivity (Wildman–Crippen MR) is 117 cm³/mol. The highest BCUT2D eigenvalue weighted by molar-refractivity contribution is 7.07. The summed E-state index contributed by atoms with van der Waals surface area (Å²) in [5, 5.41) is 0. The van der Waals surface area contributed by atoms with Gasteiger partial charge in [-0.3, -0.25) is 14.2 Å². The number of furan rings is 1. The zero-order chi connectivity index (χ0) is 22.8. The summed E-state index contributed by atoms with van der Waals surface area (Å²) in [6, 6.07) is 9.44. The predicted octanol–water partition coefficient (Wildman–Crippen LogP) is 2.32. The van der Waals surface area contributed by atoms with Crippen LogP contribution in [-0.2, 0) is 14.3 Å². The first-order valence-electron chi connectivity index (χ1n) is 9.90. The summed E-state index contributed by atoms with van der Waals surface area (Å²) in [5.74, 6) is -0.0772. The topological polar surface area (TPSA) is 100 Å². The maximum absolute atomic E-state index is 13.4. The van der Waals surface area contributed by atoms with E-state index < -0.39 is 18.0 Å². The molecule has 4 rings (SSSR count). The van der Waals surface area contributed by atoms with E-state index in [-0.39, 0.29) is 17.7 Å². The molecule has 0 aliphatic carbocycles. The van der Waals surface area contributed by atoms with Crippen molar-refractivity contribution in [3.8, 4) is 5.75 Å². The van der Waals surface area contributed by atoms with Crippen LogP contribution >= 0.6 is 11.3 Å². The Bertz CT molecular complexity index is 1380. The Hall–Kier alpha value is -3.72. The maximum atomic E-state index is 13.4. The van der Waals surface area contributed by atoms with Crippen LogP contribution in [0.15, 0.2) is 68.1 Å². The molecule has 0 fully saturated rings. The average molecular weight is 452 g/mol. The van der Waals surface area contributed by atoms with Gasteiger partial charge in [0.2, 0.25) is 0 Å². The van der Waals surface area contributed by atoms with Gasteiger partial charge in [0.1, 0.15) is 17.6 Å². The minimum Gasteiger partial charge on any atom is -0.467 e. The summed E-state index contributed by atoms with van der Waals surface area (Å²) in [7, 11) is 0. The fourth-order valence-electron chi connectivity index (χ4n) is 3.46. The van der Waals surface area contributed by atoms with Crippen LogP contribution in [0.3, 0.4) is 0 Å². The molecule has 32 heavy (non-hydrogen) atoms. The number of ether oxygens (including phenoxy) is 2. The third kappa shape index (κ3) is 4.06. The molecule has 0 saturated carbocycles. The highest BCUT2D eigenvalue weighted by Gasteiger charge is 2.34. The number of benzene rings is 1. The second kappa shape index (κ2) is 8.80. The first-order valence-corrected chi connectivity index (χ1v) is 10.7. The van der Waals surface area contributed by atoms with E-state index in [1.165, 1.54) is 29.1 Å². The number of esters is 2. The van der Waals surface area contributed by atoms with Crippen molar-refractivity contribution in [2.24, 2.45) is 4.99 Å². The van der Waals surface area contributed by atoms with E-state index in [2.05, 4.69) is 4.99 Å². The zero-order valence-corrected chi connectivity index (χ0v) is 18.5. The number of fused-ring (bicyclic) bond motifs is 1. The number of rotatable bonds is 5. The second-order valence-corrected chi connectivity index (χ2v) is 7.99. The Morgan fingerprint density at radius 3 is 2.62 bits per heavy atom. The molecule has 1 atom stereocenters. The van der Waals surface area contributed by atoms with E-state index in [1.54, 1.807) is 56.3 Å². The first kappa shape index (κ1) is 21.5. The SMILES string of the molecule is CCOC(=O)C1=C(C)N=c2sc(=Cc3ccc(OC(C)=O)cc3)c(=O)n2C1c1ccco1. The number of allylic oxidation sites excluding steroid dienone is 1. The van der Waals surface area contributed by atoms with Gasteiger partial charge in [0, 0.05) is 6.92 Å². The third-order valence-electron chi connectivity index (χ3n) is 4.77. The van der Waals surface area contributed by atoms with Gasteiger partial charge in [-0.2, -0.15) is 0 Å². The fraction of sp³-hybridized carbons (Fsp3) is 0.217. The van der Waals surface area contributed by atoms with E-state index in [0.717, 1.165) is 5.56 Å². The number of thiazole rings is 1. The van der Waals surface area contributed by atoms with Crippen LogP contribution in [0.1, 0.15) is 38.1 Å². The van der Waals surface area contributed by atoms with Crippen LogP contribution in [0.25, 0.3) is 6.08 Å². The standard InChI is InChI=1S/C23H20N2O6S/c1-4-29-22(28)19-13(2)24-23-25(20(19)17-6-5-11-30-17)21(27)18(32-23)12-15-7-9-16(10-8-15)31-14(3)26/h5-12,20H,4H2,1-3H3. The number of hydrogen-bond acceptors (Lipinski definition) is 8. The molecule has 8 nitrogen and oxygen atoms in total. The molecule has 2 aromatic heterocycles. The van der Waals surface area contributed by atoms with Crippen LogP contribution in [-0.4, -0.2) is 23.1 Å². The number of hydrogen-bond donors (Lipinski definition) is 0. The lowest BCUT2D eigenvalue weighted by molar-refractivity contribution is -0.139. The van der Waals surface area contributed by atoms with Crippen molar-refractivity contribution >= 4 is 29.4 Å². The summed E-state index contributed by atoms with van der Waals surface area (Å²) in [6.45, 7) is 4.97. The normalized spacial score (nSPS) is 15.8. The number of carbonyl (C=O) groups is 2. The highest BCUT2D eigenvalue weighted by Crippen LogP contribution is 2.30. The van der Waals surface area contributed by atoms with Gasteiger partial charge in [0.05, 0.1) is 28.7 Å². The third-order valence-corrected chi connectivity index (χ3v) is 5.75. The molecular weight excluding hydrogens is 432 g/mol. The lowest BCUT2D eigenvalue weighted by Crippen LogP contribution is -2.39. The van der Waals surface area contributed by atoms with Crippen LogP contribution in [0, 0.1) is 0 Å². The smallest absolute Gasteiger partial charge is 0.338 e. The molecule has 0 bridgehead atoms. The molecule has 3 heterocycles. The van der Waals surface area contributed by atoms with Gasteiger partial charge in [0.25, 0.3) is 5.56 Å². The highest BCUT2D eigenvalue weighted by atomic mass is 32.1. The van der Waals surface area contributed by atoms with Gasteiger partial charge in [-0.15, -0.1) is 0 Å².